The van der Waals surface area contributed by atoms with Gasteiger partial charge in [0.25, 0.3) is 11.1 Å². The predicted molar refractivity (Wildman–Crippen MR) is 131 cm³/mol. The van der Waals surface area contributed by atoms with E-state index in [1.54, 1.807) is 24.3 Å². The largest absolute Gasteiger partial charge is 0.432 e. The standard InChI is InChI=1S/C26H22N2O2S/c1-17-10-12-22(14-18(17)2)27-25(29)21-8-5-9-24(16-21)30-26(31)28-23-13-11-19-6-3-4-7-20(19)15-23/h3-16H,1-2H3,(H,27,29)(H,28,31). The van der Waals surface area contributed by atoms with E-state index in [0.29, 0.717) is 11.3 Å². The van der Waals surface area contributed by atoms with Crippen molar-refractivity contribution in [3.8, 4) is 5.75 Å². The SMILES string of the molecule is Cc1ccc(NC(=O)c2cccc(OC(=S)Nc3ccc4ccccc4c3)c2)cc1C. The molecule has 4 rings (SSSR count). The highest BCUT2D eigenvalue weighted by molar-refractivity contribution is 7.80. The number of thiocarbonyl (C=S) groups is 1. The van der Waals surface area contributed by atoms with E-state index in [4.69, 9.17) is 17.0 Å². The smallest absolute Gasteiger partial charge is 0.266 e. The third-order valence-corrected chi connectivity index (χ3v) is 5.25. The lowest BCUT2D eigenvalue weighted by molar-refractivity contribution is 0.102. The summed E-state index contributed by atoms with van der Waals surface area (Å²) in [7, 11) is 0. The van der Waals surface area contributed by atoms with E-state index in [-0.39, 0.29) is 11.1 Å². The number of carbonyl (C=O) groups is 1. The van der Waals surface area contributed by atoms with E-state index in [2.05, 4.69) is 16.7 Å². The average Bonchev–Trinajstić information content (AvgIpc) is 2.76. The molecule has 4 aromatic carbocycles. The lowest BCUT2D eigenvalue weighted by atomic mass is 10.1. The second-order valence-corrected chi connectivity index (χ2v) is 7.73. The molecule has 31 heavy (non-hydrogen) atoms. The van der Waals surface area contributed by atoms with E-state index in [1.807, 2.05) is 68.4 Å². The van der Waals surface area contributed by atoms with Gasteiger partial charge in [-0.2, -0.15) is 0 Å². The van der Waals surface area contributed by atoms with Gasteiger partial charge in [0.15, 0.2) is 0 Å². The highest BCUT2D eigenvalue weighted by atomic mass is 32.1. The maximum atomic E-state index is 12.6. The van der Waals surface area contributed by atoms with Crippen molar-refractivity contribution in [1.82, 2.24) is 0 Å². The first kappa shape index (κ1) is 20.6. The van der Waals surface area contributed by atoms with Crippen LogP contribution in [0, 0.1) is 13.8 Å². The summed E-state index contributed by atoms with van der Waals surface area (Å²) in [5.74, 6) is 0.285. The third kappa shape index (κ3) is 5.08. The van der Waals surface area contributed by atoms with E-state index < -0.39 is 0 Å². The fourth-order valence-electron chi connectivity index (χ4n) is 3.24. The monoisotopic (exact) mass is 426 g/mol. The molecule has 0 spiro atoms. The van der Waals surface area contributed by atoms with Gasteiger partial charge in [-0.3, -0.25) is 4.79 Å². The number of amides is 1. The first-order chi connectivity index (χ1) is 15.0. The summed E-state index contributed by atoms with van der Waals surface area (Å²) in [5, 5.41) is 8.49. The summed E-state index contributed by atoms with van der Waals surface area (Å²) in [4.78, 5) is 12.6. The molecule has 5 heteroatoms. The summed E-state index contributed by atoms with van der Waals surface area (Å²) >= 11 is 5.35. The summed E-state index contributed by atoms with van der Waals surface area (Å²) in [6, 6.07) is 26.9. The Balaban J connectivity index is 1.42. The molecule has 0 heterocycles. The molecular weight excluding hydrogens is 404 g/mol. The van der Waals surface area contributed by atoms with E-state index >= 15 is 0 Å². The predicted octanol–water partition coefficient (Wildman–Crippen LogP) is 6.48. The van der Waals surface area contributed by atoms with E-state index in [9.17, 15) is 4.79 Å². The number of rotatable bonds is 4. The van der Waals surface area contributed by atoms with E-state index in [0.717, 1.165) is 27.7 Å². The van der Waals surface area contributed by atoms with Crippen molar-refractivity contribution in [2.75, 3.05) is 10.6 Å². The van der Waals surface area contributed by atoms with Crippen LogP contribution in [-0.2, 0) is 0 Å². The minimum Gasteiger partial charge on any atom is -0.432 e. The van der Waals surface area contributed by atoms with Crippen LogP contribution in [0.5, 0.6) is 5.75 Å². The lowest BCUT2D eigenvalue weighted by Gasteiger charge is -2.12. The Hall–Kier alpha value is -3.70. The quantitative estimate of drug-likeness (QED) is 0.367. The topological polar surface area (TPSA) is 50.4 Å². The first-order valence-electron chi connectivity index (χ1n) is 9.94. The fraction of sp³-hybridized carbons (Fsp3) is 0.0769. The van der Waals surface area contributed by atoms with Gasteiger partial charge in [0.2, 0.25) is 0 Å². The molecule has 0 aliphatic heterocycles. The van der Waals surface area contributed by atoms with Crippen LogP contribution in [0.4, 0.5) is 11.4 Å². The number of benzene rings is 4. The van der Waals surface area contributed by atoms with Gasteiger partial charge in [-0.05, 0) is 90.4 Å². The van der Waals surface area contributed by atoms with Crippen LogP contribution in [0.2, 0.25) is 0 Å². The minimum atomic E-state index is -0.206. The van der Waals surface area contributed by atoms with Crippen molar-refractivity contribution in [1.29, 1.82) is 0 Å². The molecule has 154 valence electrons. The lowest BCUT2D eigenvalue weighted by Crippen LogP contribution is -2.17. The highest BCUT2D eigenvalue weighted by Gasteiger charge is 2.09. The van der Waals surface area contributed by atoms with Gasteiger partial charge in [-0.25, -0.2) is 0 Å². The first-order valence-corrected chi connectivity index (χ1v) is 10.3. The highest BCUT2D eigenvalue weighted by Crippen LogP contribution is 2.21. The van der Waals surface area contributed by atoms with Gasteiger partial charge < -0.3 is 15.4 Å². The molecule has 0 aliphatic rings. The summed E-state index contributed by atoms with van der Waals surface area (Å²) in [6.07, 6.45) is 0. The van der Waals surface area contributed by atoms with Crippen molar-refractivity contribution in [3.05, 3.63) is 102 Å². The maximum absolute atomic E-state index is 12.6. The van der Waals surface area contributed by atoms with Crippen LogP contribution in [0.25, 0.3) is 10.8 Å². The molecular formula is C26H22N2O2S. The number of carbonyl (C=O) groups excluding carboxylic acids is 1. The molecule has 0 unspecified atom stereocenters. The van der Waals surface area contributed by atoms with Gasteiger partial charge in [-0.15, -0.1) is 0 Å². The van der Waals surface area contributed by atoms with Crippen molar-refractivity contribution in [2.24, 2.45) is 0 Å². The second kappa shape index (κ2) is 8.98. The molecule has 0 saturated carbocycles. The van der Waals surface area contributed by atoms with Crippen LogP contribution in [-0.4, -0.2) is 11.1 Å². The Bertz CT molecular complexity index is 1280. The van der Waals surface area contributed by atoms with Gasteiger partial charge in [0.1, 0.15) is 5.75 Å². The summed E-state index contributed by atoms with van der Waals surface area (Å²) in [6.45, 7) is 4.06. The van der Waals surface area contributed by atoms with Crippen LogP contribution in [0.1, 0.15) is 21.5 Å². The molecule has 0 atom stereocenters. The maximum Gasteiger partial charge on any atom is 0.266 e. The second-order valence-electron chi connectivity index (χ2n) is 7.36. The Morgan fingerprint density at radius 3 is 2.29 bits per heavy atom. The molecule has 1 amide bonds. The molecule has 0 aromatic heterocycles. The Morgan fingerprint density at radius 1 is 0.742 bits per heavy atom. The number of aryl methyl sites for hydroxylation is 2. The molecule has 4 aromatic rings. The minimum absolute atomic E-state index is 0.206. The van der Waals surface area contributed by atoms with Gasteiger partial charge in [-0.1, -0.05) is 42.5 Å². The molecule has 0 bridgehead atoms. The summed E-state index contributed by atoms with van der Waals surface area (Å²) in [5.41, 5.74) is 4.39. The third-order valence-electron chi connectivity index (χ3n) is 5.07. The number of ether oxygens (including phenoxy) is 1. The number of hydrogen-bond donors (Lipinski definition) is 2. The number of hydrogen-bond acceptors (Lipinski definition) is 3. The van der Waals surface area contributed by atoms with Crippen molar-refractivity contribution < 1.29 is 9.53 Å². The molecule has 0 saturated heterocycles. The van der Waals surface area contributed by atoms with Gasteiger partial charge in [0, 0.05) is 16.9 Å². The number of nitrogens with one attached hydrogen (secondary N) is 2. The molecule has 0 fully saturated rings. The summed E-state index contributed by atoms with van der Waals surface area (Å²) < 4.78 is 5.75. The normalized spacial score (nSPS) is 10.5. The number of fused-ring (bicyclic) bond motifs is 1. The van der Waals surface area contributed by atoms with E-state index in [1.165, 1.54) is 5.56 Å². The Kier molecular flexibility index (Phi) is 5.96. The van der Waals surface area contributed by atoms with Gasteiger partial charge >= 0.3 is 0 Å². The molecule has 4 nitrogen and oxygen atoms in total. The average molecular weight is 427 g/mol. The van der Waals surface area contributed by atoms with Crippen molar-refractivity contribution in [3.63, 3.8) is 0 Å². The Morgan fingerprint density at radius 2 is 1.48 bits per heavy atom. The van der Waals surface area contributed by atoms with Crippen molar-refractivity contribution in [2.45, 2.75) is 13.8 Å². The molecule has 0 aliphatic carbocycles. The van der Waals surface area contributed by atoms with Crippen LogP contribution < -0.4 is 15.4 Å². The number of anilines is 2. The fourth-order valence-corrected chi connectivity index (χ4v) is 3.45. The molecule has 2 N–H and O–H groups in total. The van der Waals surface area contributed by atoms with Crippen LogP contribution >= 0.6 is 12.2 Å². The van der Waals surface area contributed by atoms with Crippen LogP contribution in [0.15, 0.2) is 84.9 Å². The Labute approximate surface area is 186 Å². The van der Waals surface area contributed by atoms with Crippen LogP contribution in [0.3, 0.4) is 0 Å². The zero-order chi connectivity index (χ0) is 21.8. The van der Waals surface area contributed by atoms with Gasteiger partial charge in [0.05, 0.1) is 0 Å². The zero-order valence-electron chi connectivity index (χ0n) is 17.3. The molecule has 0 radical (unpaired) electrons. The zero-order valence-corrected chi connectivity index (χ0v) is 18.1. The van der Waals surface area contributed by atoms with Crippen molar-refractivity contribution >= 4 is 45.4 Å².